The minimum Gasteiger partial charge on any atom is -0.481 e. The molecule has 0 radical (unpaired) electrons. The number of hydrogen-bond acceptors (Lipinski definition) is 5. The van der Waals surface area contributed by atoms with E-state index in [1.54, 1.807) is 19.1 Å². The van der Waals surface area contributed by atoms with E-state index in [2.05, 4.69) is 10.0 Å². The molecule has 1 aliphatic heterocycles. The monoisotopic (exact) mass is 384 g/mol. The lowest BCUT2D eigenvalue weighted by atomic mass is 9.80. The number of sulfonamides is 1. The van der Waals surface area contributed by atoms with Gasteiger partial charge in [0.1, 0.15) is 0 Å². The van der Waals surface area contributed by atoms with Crippen molar-refractivity contribution >= 4 is 21.9 Å². The number of aliphatic carboxylic acids is 1. The van der Waals surface area contributed by atoms with Crippen LogP contribution in [0.25, 0.3) is 0 Å². The molecule has 1 saturated heterocycles. The molecule has 0 aliphatic carbocycles. The largest absolute Gasteiger partial charge is 0.481 e. The highest BCUT2D eigenvalue weighted by Crippen LogP contribution is 2.30. The molecule has 0 spiro atoms. The molecular weight excluding hydrogens is 360 g/mol. The number of nitrogens with one attached hydrogen (secondary N) is 2. The fourth-order valence-electron chi connectivity index (χ4n) is 2.80. The van der Waals surface area contributed by atoms with Gasteiger partial charge in [-0.3, -0.25) is 9.59 Å². The van der Waals surface area contributed by atoms with Crippen LogP contribution in [-0.2, 0) is 30.8 Å². The van der Waals surface area contributed by atoms with Crippen LogP contribution in [0.4, 0.5) is 0 Å². The first kappa shape index (κ1) is 20.3. The third-order valence-electron chi connectivity index (χ3n) is 4.46. The smallest absolute Gasteiger partial charge is 0.311 e. The van der Waals surface area contributed by atoms with Gasteiger partial charge in [0.15, 0.2) is 0 Å². The lowest BCUT2D eigenvalue weighted by Crippen LogP contribution is -2.46. The van der Waals surface area contributed by atoms with Crippen LogP contribution < -0.4 is 10.0 Å². The van der Waals surface area contributed by atoms with E-state index in [0.29, 0.717) is 38.2 Å². The van der Waals surface area contributed by atoms with Crippen LogP contribution in [0.3, 0.4) is 0 Å². The summed E-state index contributed by atoms with van der Waals surface area (Å²) in [6.07, 6.45) is 0.771. The fourth-order valence-corrected chi connectivity index (χ4v) is 3.84. The molecule has 0 atom stereocenters. The number of carbonyl (C=O) groups excluding carboxylic acids is 1. The first-order chi connectivity index (χ1) is 12.3. The van der Waals surface area contributed by atoms with Crippen molar-refractivity contribution in [3.63, 3.8) is 0 Å². The minimum atomic E-state index is -3.53. The van der Waals surface area contributed by atoms with Crippen molar-refractivity contribution < 1.29 is 27.9 Å². The van der Waals surface area contributed by atoms with Crippen LogP contribution >= 0.6 is 0 Å². The second-order valence-electron chi connectivity index (χ2n) is 6.30. The molecule has 1 fully saturated rings. The van der Waals surface area contributed by atoms with Gasteiger partial charge in [-0.2, -0.15) is 0 Å². The number of rotatable bonds is 8. The third-order valence-corrected chi connectivity index (χ3v) is 6.02. The van der Waals surface area contributed by atoms with E-state index in [0.717, 1.165) is 0 Å². The molecule has 1 aromatic rings. The lowest BCUT2D eigenvalue weighted by Gasteiger charge is -2.33. The maximum absolute atomic E-state index is 12.1. The van der Waals surface area contributed by atoms with Crippen LogP contribution in [0.1, 0.15) is 25.3 Å². The Morgan fingerprint density at radius 3 is 2.35 bits per heavy atom. The summed E-state index contributed by atoms with van der Waals surface area (Å²) in [5.41, 5.74) is -0.341. The summed E-state index contributed by atoms with van der Waals surface area (Å²) >= 11 is 0. The highest BCUT2D eigenvalue weighted by molar-refractivity contribution is 7.89. The normalized spacial score (nSPS) is 16.8. The van der Waals surface area contributed by atoms with E-state index >= 15 is 0 Å². The predicted octanol–water partition coefficient (Wildman–Crippen LogP) is 0.525. The molecule has 1 heterocycles. The molecule has 2 rings (SSSR count). The van der Waals surface area contributed by atoms with Crippen LogP contribution in [0.15, 0.2) is 29.2 Å². The molecule has 9 heteroatoms. The molecule has 0 bridgehead atoms. The van der Waals surface area contributed by atoms with Gasteiger partial charge in [0.25, 0.3) is 0 Å². The Morgan fingerprint density at radius 1 is 1.19 bits per heavy atom. The first-order valence-electron chi connectivity index (χ1n) is 8.45. The van der Waals surface area contributed by atoms with Gasteiger partial charge in [0.05, 0.1) is 16.7 Å². The Bertz CT molecular complexity index is 739. The van der Waals surface area contributed by atoms with Crippen molar-refractivity contribution in [2.75, 3.05) is 26.3 Å². The van der Waals surface area contributed by atoms with Crippen LogP contribution in [-0.4, -0.2) is 51.7 Å². The molecule has 0 unspecified atom stereocenters. The van der Waals surface area contributed by atoms with Gasteiger partial charge in [-0.25, -0.2) is 13.1 Å². The SMILES string of the molecule is CCNS(=O)(=O)c1ccc(CC(=O)NCC2(C(=O)O)CCOCC2)cc1. The average Bonchev–Trinajstić information content (AvgIpc) is 2.61. The molecule has 1 amide bonds. The zero-order valence-electron chi connectivity index (χ0n) is 14.7. The van der Waals surface area contributed by atoms with Crippen LogP contribution in [0, 0.1) is 5.41 Å². The molecule has 0 aromatic heterocycles. The predicted molar refractivity (Wildman–Crippen MR) is 94.1 cm³/mol. The maximum atomic E-state index is 12.1. The summed E-state index contributed by atoms with van der Waals surface area (Å²) in [5, 5.41) is 12.2. The van der Waals surface area contributed by atoms with E-state index in [1.165, 1.54) is 12.1 Å². The van der Waals surface area contributed by atoms with Gasteiger partial charge in [-0.15, -0.1) is 0 Å². The summed E-state index contributed by atoms with van der Waals surface area (Å²) in [6, 6.07) is 6.03. The Balaban J connectivity index is 1.94. The van der Waals surface area contributed by atoms with Crippen LogP contribution in [0.5, 0.6) is 0 Å². The standard InChI is InChI=1S/C17H24N2O6S/c1-2-19-26(23,24)14-5-3-13(4-6-14)11-15(20)18-12-17(16(21)22)7-9-25-10-8-17/h3-6,19H,2,7-12H2,1H3,(H,18,20)(H,21,22). The second-order valence-corrected chi connectivity index (χ2v) is 8.06. The number of carbonyl (C=O) groups is 2. The van der Waals surface area contributed by atoms with E-state index in [1.807, 2.05) is 0 Å². The number of carboxylic acid groups (broad SMARTS) is 1. The molecule has 1 aliphatic rings. The molecule has 8 nitrogen and oxygen atoms in total. The van der Waals surface area contributed by atoms with Gasteiger partial charge in [0, 0.05) is 26.3 Å². The number of ether oxygens (including phenoxy) is 1. The van der Waals surface area contributed by atoms with Gasteiger partial charge >= 0.3 is 5.97 Å². The molecule has 144 valence electrons. The summed E-state index contributed by atoms with van der Waals surface area (Å²) in [7, 11) is -3.53. The van der Waals surface area contributed by atoms with Crippen molar-refractivity contribution in [3.8, 4) is 0 Å². The number of hydrogen-bond donors (Lipinski definition) is 3. The zero-order valence-corrected chi connectivity index (χ0v) is 15.5. The number of amides is 1. The van der Waals surface area contributed by atoms with Crippen molar-refractivity contribution in [2.45, 2.75) is 31.1 Å². The van der Waals surface area contributed by atoms with Crippen molar-refractivity contribution in [1.29, 1.82) is 0 Å². The van der Waals surface area contributed by atoms with E-state index in [-0.39, 0.29) is 23.8 Å². The Hall–Kier alpha value is -1.97. The summed E-state index contributed by atoms with van der Waals surface area (Å²) in [4.78, 5) is 23.8. The van der Waals surface area contributed by atoms with Crippen molar-refractivity contribution in [1.82, 2.24) is 10.0 Å². The topological polar surface area (TPSA) is 122 Å². The van der Waals surface area contributed by atoms with Gasteiger partial charge < -0.3 is 15.2 Å². The summed E-state index contributed by atoms with van der Waals surface area (Å²) < 4.78 is 31.4. The average molecular weight is 384 g/mol. The Morgan fingerprint density at radius 2 is 1.81 bits per heavy atom. The van der Waals surface area contributed by atoms with E-state index in [4.69, 9.17) is 4.74 Å². The van der Waals surface area contributed by atoms with Crippen molar-refractivity contribution in [3.05, 3.63) is 29.8 Å². The number of benzene rings is 1. The van der Waals surface area contributed by atoms with Crippen LogP contribution in [0.2, 0.25) is 0 Å². The van der Waals surface area contributed by atoms with Gasteiger partial charge in [0.2, 0.25) is 15.9 Å². The second kappa shape index (κ2) is 8.61. The molecule has 0 saturated carbocycles. The van der Waals surface area contributed by atoms with Gasteiger partial charge in [-0.05, 0) is 30.5 Å². The van der Waals surface area contributed by atoms with E-state index < -0.39 is 21.4 Å². The number of carboxylic acids is 1. The maximum Gasteiger partial charge on any atom is 0.311 e. The zero-order chi connectivity index (χ0) is 19.2. The summed E-state index contributed by atoms with van der Waals surface area (Å²) in [5.74, 6) is -1.24. The third kappa shape index (κ3) is 5.03. The first-order valence-corrected chi connectivity index (χ1v) is 9.94. The summed E-state index contributed by atoms with van der Waals surface area (Å²) in [6.45, 7) is 2.77. The Kier molecular flexibility index (Phi) is 6.74. The Labute approximate surface area is 153 Å². The molecule has 1 aromatic carbocycles. The van der Waals surface area contributed by atoms with Crippen molar-refractivity contribution in [2.24, 2.45) is 5.41 Å². The highest BCUT2D eigenvalue weighted by Gasteiger charge is 2.40. The molecule has 3 N–H and O–H groups in total. The lowest BCUT2D eigenvalue weighted by molar-refractivity contribution is -0.154. The fraction of sp³-hybridized carbons (Fsp3) is 0.529. The van der Waals surface area contributed by atoms with E-state index in [9.17, 15) is 23.1 Å². The highest BCUT2D eigenvalue weighted by atomic mass is 32.2. The molecule has 26 heavy (non-hydrogen) atoms. The van der Waals surface area contributed by atoms with Gasteiger partial charge in [-0.1, -0.05) is 19.1 Å². The minimum absolute atomic E-state index is 0.0493. The molecular formula is C17H24N2O6S. The quantitative estimate of drug-likeness (QED) is 0.601.